The van der Waals surface area contributed by atoms with Crippen molar-refractivity contribution in [1.29, 1.82) is 0 Å². The third kappa shape index (κ3) is 3.12. The molecule has 7 heteroatoms. The van der Waals surface area contributed by atoms with E-state index in [2.05, 4.69) is 4.72 Å². The van der Waals surface area contributed by atoms with Crippen molar-refractivity contribution in [3.8, 4) is 0 Å². The van der Waals surface area contributed by atoms with Crippen LogP contribution >= 0.6 is 0 Å². The molecule has 0 aromatic heterocycles. The Hall–Kier alpha value is -1.99. The van der Waals surface area contributed by atoms with E-state index >= 15 is 0 Å². The number of nitrogens with two attached hydrogens (primary N) is 1. The van der Waals surface area contributed by atoms with E-state index in [1.54, 1.807) is 6.07 Å². The van der Waals surface area contributed by atoms with Crippen LogP contribution in [0.1, 0.15) is 5.56 Å². The number of rotatable bonds is 4. The lowest BCUT2D eigenvalue weighted by atomic mass is 10.2. The Balaban J connectivity index is 2.24. The van der Waals surface area contributed by atoms with Crippen LogP contribution in [0.15, 0.2) is 47.4 Å². The van der Waals surface area contributed by atoms with Gasteiger partial charge in [0, 0.05) is 6.54 Å². The van der Waals surface area contributed by atoms with Gasteiger partial charge < -0.3 is 5.73 Å². The maximum absolute atomic E-state index is 13.6. The standard InChI is InChI=1S/C13H12F2N2O2S/c14-10-4-1-3-9(7-10)8-17-20(18,19)13-11(15)5-2-6-12(13)16/h1-7,17H,8,16H2. The molecular weight excluding hydrogens is 286 g/mol. The van der Waals surface area contributed by atoms with Crippen molar-refractivity contribution < 1.29 is 17.2 Å². The zero-order valence-corrected chi connectivity index (χ0v) is 11.1. The van der Waals surface area contributed by atoms with Crippen LogP contribution < -0.4 is 10.5 Å². The SMILES string of the molecule is Nc1cccc(F)c1S(=O)(=O)NCc1cccc(F)c1. The molecule has 0 amide bonds. The Bertz CT molecular complexity index is 713. The molecule has 2 rings (SSSR count). The number of halogens is 2. The smallest absolute Gasteiger partial charge is 0.245 e. The Morgan fingerprint density at radius 3 is 2.45 bits per heavy atom. The van der Waals surface area contributed by atoms with E-state index in [1.807, 2.05) is 0 Å². The lowest BCUT2D eigenvalue weighted by Crippen LogP contribution is -2.25. The van der Waals surface area contributed by atoms with Crippen LogP contribution in [0.2, 0.25) is 0 Å². The molecule has 0 heterocycles. The summed E-state index contributed by atoms with van der Waals surface area (Å²) in [5.74, 6) is -1.41. The molecular formula is C13H12F2N2O2S. The minimum absolute atomic E-state index is 0.159. The maximum atomic E-state index is 13.6. The van der Waals surface area contributed by atoms with Gasteiger partial charge >= 0.3 is 0 Å². The summed E-state index contributed by atoms with van der Waals surface area (Å²) in [6.45, 7) is -0.159. The van der Waals surface area contributed by atoms with Crippen molar-refractivity contribution in [3.63, 3.8) is 0 Å². The lowest BCUT2D eigenvalue weighted by molar-refractivity contribution is 0.557. The van der Waals surface area contributed by atoms with E-state index in [0.717, 1.165) is 6.07 Å². The van der Waals surface area contributed by atoms with Gasteiger partial charge in [-0.25, -0.2) is 21.9 Å². The summed E-state index contributed by atoms with van der Waals surface area (Å²) in [6, 6.07) is 9.05. The summed E-state index contributed by atoms with van der Waals surface area (Å²) in [7, 11) is -4.11. The van der Waals surface area contributed by atoms with Crippen molar-refractivity contribution >= 4 is 15.7 Å². The number of anilines is 1. The van der Waals surface area contributed by atoms with Crippen LogP contribution in [0.3, 0.4) is 0 Å². The van der Waals surface area contributed by atoms with Gasteiger partial charge in [0.05, 0.1) is 5.69 Å². The predicted molar refractivity (Wildman–Crippen MR) is 71.2 cm³/mol. The van der Waals surface area contributed by atoms with E-state index in [-0.39, 0.29) is 12.2 Å². The number of nitrogens with one attached hydrogen (secondary N) is 1. The molecule has 20 heavy (non-hydrogen) atoms. The number of hydrogen-bond donors (Lipinski definition) is 2. The summed E-state index contributed by atoms with van der Waals surface area (Å²) in [4.78, 5) is -0.601. The van der Waals surface area contributed by atoms with Crippen LogP contribution in [0.4, 0.5) is 14.5 Å². The first-order chi connectivity index (χ1) is 9.40. The number of hydrogen-bond acceptors (Lipinski definition) is 3. The van der Waals surface area contributed by atoms with E-state index in [1.165, 1.54) is 30.3 Å². The Labute approximate surface area is 115 Å². The summed E-state index contributed by atoms with van der Waals surface area (Å²) in [6.07, 6.45) is 0. The summed E-state index contributed by atoms with van der Waals surface area (Å²) in [5, 5.41) is 0. The van der Waals surface area contributed by atoms with Gasteiger partial charge in [-0.1, -0.05) is 18.2 Å². The molecule has 2 aromatic rings. The highest BCUT2D eigenvalue weighted by Gasteiger charge is 2.21. The van der Waals surface area contributed by atoms with Gasteiger partial charge in [0.2, 0.25) is 10.0 Å². The molecule has 106 valence electrons. The lowest BCUT2D eigenvalue weighted by Gasteiger charge is -2.10. The van der Waals surface area contributed by atoms with Gasteiger partial charge in [-0.2, -0.15) is 0 Å². The Morgan fingerprint density at radius 1 is 1.10 bits per heavy atom. The third-order valence-electron chi connectivity index (χ3n) is 2.62. The van der Waals surface area contributed by atoms with E-state index in [0.29, 0.717) is 5.56 Å². The summed E-state index contributed by atoms with van der Waals surface area (Å²) in [5.41, 5.74) is 5.72. The number of nitrogen functional groups attached to an aromatic ring is 1. The highest BCUT2D eigenvalue weighted by Crippen LogP contribution is 2.21. The van der Waals surface area contributed by atoms with Gasteiger partial charge in [0.15, 0.2) is 0 Å². The van der Waals surface area contributed by atoms with Crippen LogP contribution in [0.5, 0.6) is 0 Å². The molecule has 2 aromatic carbocycles. The van der Waals surface area contributed by atoms with Crippen molar-refractivity contribution in [2.75, 3.05) is 5.73 Å². The van der Waals surface area contributed by atoms with Gasteiger partial charge in [0.1, 0.15) is 16.5 Å². The van der Waals surface area contributed by atoms with Gasteiger partial charge in [0.25, 0.3) is 0 Å². The number of benzene rings is 2. The van der Waals surface area contributed by atoms with Crippen LogP contribution in [-0.4, -0.2) is 8.42 Å². The van der Waals surface area contributed by atoms with Crippen LogP contribution in [-0.2, 0) is 16.6 Å². The molecule has 0 radical (unpaired) electrons. The monoisotopic (exact) mass is 298 g/mol. The van der Waals surface area contributed by atoms with Crippen molar-refractivity contribution in [1.82, 2.24) is 4.72 Å². The van der Waals surface area contributed by atoms with E-state index < -0.39 is 26.6 Å². The second-order valence-corrected chi connectivity index (χ2v) is 5.82. The minimum atomic E-state index is -4.11. The molecule has 0 bridgehead atoms. The fraction of sp³-hybridized carbons (Fsp3) is 0.0769. The second-order valence-electron chi connectivity index (χ2n) is 4.11. The molecule has 0 spiro atoms. The predicted octanol–water partition coefficient (Wildman–Crippen LogP) is 2.03. The molecule has 0 atom stereocenters. The van der Waals surface area contributed by atoms with Crippen molar-refractivity contribution in [2.45, 2.75) is 11.4 Å². The second kappa shape index (κ2) is 5.56. The van der Waals surface area contributed by atoms with Gasteiger partial charge in [-0.3, -0.25) is 0 Å². The van der Waals surface area contributed by atoms with Gasteiger partial charge in [-0.15, -0.1) is 0 Å². The molecule has 0 saturated heterocycles. The molecule has 0 aliphatic rings. The Kier molecular flexibility index (Phi) is 4.01. The van der Waals surface area contributed by atoms with Crippen LogP contribution in [0, 0.1) is 11.6 Å². The Morgan fingerprint density at radius 2 is 1.80 bits per heavy atom. The third-order valence-corrected chi connectivity index (χ3v) is 4.11. The zero-order chi connectivity index (χ0) is 14.8. The largest absolute Gasteiger partial charge is 0.398 e. The quantitative estimate of drug-likeness (QED) is 0.848. The molecule has 4 nitrogen and oxygen atoms in total. The normalized spacial score (nSPS) is 11.5. The van der Waals surface area contributed by atoms with Gasteiger partial charge in [-0.05, 0) is 29.8 Å². The first kappa shape index (κ1) is 14.4. The topological polar surface area (TPSA) is 72.2 Å². The molecule has 0 saturated carbocycles. The molecule has 0 unspecified atom stereocenters. The molecule has 0 fully saturated rings. The first-order valence-corrected chi connectivity index (χ1v) is 7.16. The first-order valence-electron chi connectivity index (χ1n) is 5.68. The maximum Gasteiger partial charge on any atom is 0.245 e. The van der Waals surface area contributed by atoms with E-state index in [4.69, 9.17) is 5.73 Å². The van der Waals surface area contributed by atoms with Crippen molar-refractivity contribution in [3.05, 3.63) is 59.7 Å². The highest BCUT2D eigenvalue weighted by atomic mass is 32.2. The highest BCUT2D eigenvalue weighted by molar-refractivity contribution is 7.89. The fourth-order valence-corrected chi connectivity index (χ4v) is 2.91. The minimum Gasteiger partial charge on any atom is -0.398 e. The van der Waals surface area contributed by atoms with Crippen LogP contribution in [0.25, 0.3) is 0 Å². The zero-order valence-electron chi connectivity index (χ0n) is 10.3. The molecule has 0 aliphatic heterocycles. The van der Waals surface area contributed by atoms with Crippen molar-refractivity contribution in [2.24, 2.45) is 0 Å². The average molecular weight is 298 g/mol. The average Bonchev–Trinajstić information content (AvgIpc) is 2.36. The fourth-order valence-electron chi connectivity index (χ4n) is 1.71. The molecule has 0 aliphatic carbocycles. The van der Waals surface area contributed by atoms with E-state index in [9.17, 15) is 17.2 Å². The number of sulfonamides is 1. The molecule has 3 N–H and O–H groups in total. The summed E-state index contributed by atoms with van der Waals surface area (Å²) >= 11 is 0. The summed E-state index contributed by atoms with van der Waals surface area (Å²) < 4.78 is 52.8.